The monoisotopic (exact) mass is 405 g/mol. The lowest BCUT2D eigenvalue weighted by atomic mass is 9.82. The fraction of sp³-hybridized carbons (Fsp3) is 0.571. The van der Waals surface area contributed by atoms with Crippen molar-refractivity contribution >= 4 is 17.7 Å². The van der Waals surface area contributed by atoms with Crippen LogP contribution in [0.3, 0.4) is 0 Å². The fourth-order valence-corrected chi connectivity index (χ4v) is 3.95. The van der Waals surface area contributed by atoms with Crippen LogP contribution in [0.1, 0.15) is 43.0 Å². The number of halogens is 1. The Morgan fingerprint density at radius 3 is 2.90 bits per heavy atom. The fourth-order valence-electron chi connectivity index (χ4n) is 3.95. The van der Waals surface area contributed by atoms with E-state index < -0.39 is 5.82 Å². The predicted molar refractivity (Wildman–Crippen MR) is 105 cm³/mol. The smallest absolute Gasteiger partial charge is 0.251 e. The van der Waals surface area contributed by atoms with Crippen LogP contribution in [-0.4, -0.2) is 61.0 Å². The van der Waals surface area contributed by atoms with Crippen LogP contribution in [0, 0.1) is 11.7 Å². The van der Waals surface area contributed by atoms with E-state index in [1.807, 2.05) is 6.92 Å². The third kappa shape index (κ3) is 5.53. The van der Waals surface area contributed by atoms with Gasteiger partial charge in [0.2, 0.25) is 11.8 Å². The summed E-state index contributed by atoms with van der Waals surface area (Å²) < 4.78 is 19.4. The number of hydrogen-bond acceptors (Lipinski definition) is 4. The Balaban J connectivity index is 1.68. The minimum Gasteiger partial charge on any atom is -0.376 e. The number of ether oxygens (including phenoxy) is 1. The zero-order chi connectivity index (χ0) is 20.8. The lowest BCUT2D eigenvalue weighted by molar-refractivity contribution is -0.143. The van der Waals surface area contributed by atoms with Gasteiger partial charge in [0.1, 0.15) is 5.82 Å². The number of amides is 3. The lowest BCUT2D eigenvalue weighted by Crippen LogP contribution is -2.54. The van der Waals surface area contributed by atoms with E-state index in [4.69, 9.17) is 4.74 Å². The van der Waals surface area contributed by atoms with Crippen molar-refractivity contribution in [2.75, 3.05) is 26.2 Å². The quantitative estimate of drug-likeness (QED) is 0.751. The Kier molecular flexibility index (Phi) is 7.19. The molecule has 1 saturated carbocycles. The number of carbonyl (C=O) groups is 3. The summed E-state index contributed by atoms with van der Waals surface area (Å²) in [5.41, 5.74) is 0.236. The molecule has 2 N–H and O–H groups in total. The molecule has 1 aromatic carbocycles. The van der Waals surface area contributed by atoms with Gasteiger partial charge in [0.05, 0.1) is 18.7 Å². The van der Waals surface area contributed by atoms with Crippen molar-refractivity contribution in [1.29, 1.82) is 0 Å². The molecule has 0 spiro atoms. The number of rotatable bonds is 6. The van der Waals surface area contributed by atoms with Crippen LogP contribution in [-0.2, 0) is 14.3 Å². The van der Waals surface area contributed by atoms with Crippen LogP contribution in [0.25, 0.3) is 0 Å². The van der Waals surface area contributed by atoms with E-state index in [1.54, 1.807) is 11.0 Å². The average molecular weight is 405 g/mol. The van der Waals surface area contributed by atoms with Crippen molar-refractivity contribution in [2.45, 2.75) is 44.8 Å². The SMILES string of the molecule is CCCO[C@@H]1CC[C@H](C(=O)N2CCNC(=O)C2)C[C@H]1NC(=O)c1cccc(F)c1. The molecule has 158 valence electrons. The Hall–Kier alpha value is -2.48. The third-order valence-electron chi connectivity index (χ3n) is 5.43. The summed E-state index contributed by atoms with van der Waals surface area (Å²) in [7, 11) is 0. The van der Waals surface area contributed by atoms with Crippen LogP contribution in [0.4, 0.5) is 4.39 Å². The maximum Gasteiger partial charge on any atom is 0.251 e. The van der Waals surface area contributed by atoms with Crippen molar-refractivity contribution < 1.29 is 23.5 Å². The van der Waals surface area contributed by atoms with Crippen LogP contribution >= 0.6 is 0 Å². The molecule has 1 aliphatic heterocycles. The molecule has 0 radical (unpaired) electrons. The van der Waals surface area contributed by atoms with Gasteiger partial charge in [-0.15, -0.1) is 0 Å². The highest BCUT2D eigenvalue weighted by molar-refractivity contribution is 5.94. The Bertz CT molecular complexity index is 757. The normalized spacial score (nSPS) is 24.7. The molecule has 0 aromatic heterocycles. The summed E-state index contributed by atoms with van der Waals surface area (Å²) in [5.74, 6) is -1.35. The molecule has 1 saturated heterocycles. The standard InChI is InChI=1S/C21H28FN3O4/c1-2-10-29-18-7-6-15(21(28)25-9-8-23-19(26)13-25)12-17(18)24-20(27)14-4-3-5-16(22)11-14/h3-5,11,15,17-18H,2,6-10,12-13H2,1H3,(H,23,26)(H,24,27)/t15-,17+,18+/m0/s1. The lowest BCUT2D eigenvalue weighted by Gasteiger charge is -2.38. The second-order valence-corrected chi connectivity index (χ2v) is 7.62. The minimum atomic E-state index is -0.475. The van der Waals surface area contributed by atoms with E-state index in [1.165, 1.54) is 18.2 Å². The first kappa shape index (κ1) is 21.2. The molecule has 0 unspecified atom stereocenters. The van der Waals surface area contributed by atoms with Gasteiger partial charge in [-0.3, -0.25) is 14.4 Å². The molecule has 3 atom stereocenters. The largest absolute Gasteiger partial charge is 0.376 e. The molecule has 0 bridgehead atoms. The van der Waals surface area contributed by atoms with E-state index in [0.717, 1.165) is 6.42 Å². The predicted octanol–water partition coefficient (Wildman–Crippen LogP) is 1.48. The van der Waals surface area contributed by atoms with Gasteiger partial charge in [-0.25, -0.2) is 4.39 Å². The van der Waals surface area contributed by atoms with E-state index >= 15 is 0 Å². The molecule has 3 amide bonds. The molecule has 7 nitrogen and oxygen atoms in total. The van der Waals surface area contributed by atoms with Gasteiger partial charge in [-0.05, 0) is 43.9 Å². The number of nitrogens with one attached hydrogen (secondary N) is 2. The van der Waals surface area contributed by atoms with Crippen LogP contribution in [0.5, 0.6) is 0 Å². The van der Waals surface area contributed by atoms with Crippen molar-refractivity contribution in [1.82, 2.24) is 15.5 Å². The summed E-state index contributed by atoms with van der Waals surface area (Å²) in [4.78, 5) is 38.7. The van der Waals surface area contributed by atoms with Gasteiger partial charge in [-0.2, -0.15) is 0 Å². The topological polar surface area (TPSA) is 87.7 Å². The molecule has 2 aliphatic rings. The first-order valence-corrected chi connectivity index (χ1v) is 10.2. The molecular formula is C21H28FN3O4. The highest BCUT2D eigenvalue weighted by atomic mass is 19.1. The second-order valence-electron chi connectivity index (χ2n) is 7.62. The van der Waals surface area contributed by atoms with Gasteiger partial charge in [0.15, 0.2) is 0 Å². The third-order valence-corrected chi connectivity index (χ3v) is 5.43. The average Bonchev–Trinajstić information content (AvgIpc) is 2.72. The zero-order valence-electron chi connectivity index (χ0n) is 16.7. The van der Waals surface area contributed by atoms with Gasteiger partial charge < -0.3 is 20.3 Å². The molecular weight excluding hydrogens is 377 g/mol. The summed E-state index contributed by atoms with van der Waals surface area (Å²) in [5, 5.41) is 5.65. The van der Waals surface area contributed by atoms with Crippen LogP contribution in [0.2, 0.25) is 0 Å². The number of hydrogen-bond donors (Lipinski definition) is 2. The minimum absolute atomic E-state index is 0.0567. The molecule has 3 rings (SSSR count). The van der Waals surface area contributed by atoms with Crippen molar-refractivity contribution in [3.8, 4) is 0 Å². The van der Waals surface area contributed by atoms with Crippen LogP contribution < -0.4 is 10.6 Å². The van der Waals surface area contributed by atoms with Crippen molar-refractivity contribution in [2.24, 2.45) is 5.92 Å². The molecule has 1 heterocycles. The van der Waals surface area contributed by atoms with Crippen molar-refractivity contribution in [3.63, 3.8) is 0 Å². The van der Waals surface area contributed by atoms with Crippen LogP contribution in [0.15, 0.2) is 24.3 Å². The van der Waals surface area contributed by atoms with E-state index in [2.05, 4.69) is 10.6 Å². The van der Waals surface area contributed by atoms with Gasteiger partial charge in [0.25, 0.3) is 5.91 Å². The molecule has 8 heteroatoms. The highest BCUT2D eigenvalue weighted by Crippen LogP contribution is 2.29. The number of piperazine rings is 1. The maximum atomic E-state index is 13.5. The maximum absolute atomic E-state index is 13.5. The highest BCUT2D eigenvalue weighted by Gasteiger charge is 2.37. The first-order valence-electron chi connectivity index (χ1n) is 10.2. The molecule has 2 fully saturated rings. The molecule has 1 aromatic rings. The van der Waals surface area contributed by atoms with Crippen molar-refractivity contribution in [3.05, 3.63) is 35.6 Å². The van der Waals surface area contributed by atoms with Gasteiger partial charge in [-0.1, -0.05) is 13.0 Å². The Morgan fingerprint density at radius 1 is 1.34 bits per heavy atom. The molecule has 29 heavy (non-hydrogen) atoms. The summed E-state index contributed by atoms with van der Waals surface area (Å²) in [6, 6.07) is 5.17. The van der Waals surface area contributed by atoms with E-state index in [0.29, 0.717) is 39.0 Å². The number of carbonyl (C=O) groups excluding carboxylic acids is 3. The first-order chi connectivity index (χ1) is 14.0. The Labute approximate surface area is 170 Å². The van der Waals surface area contributed by atoms with E-state index in [-0.39, 0.29) is 47.9 Å². The zero-order valence-corrected chi connectivity index (χ0v) is 16.7. The van der Waals surface area contributed by atoms with E-state index in [9.17, 15) is 18.8 Å². The molecule has 1 aliphatic carbocycles. The van der Waals surface area contributed by atoms with Gasteiger partial charge >= 0.3 is 0 Å². The number of benzene rings is 1. The van der Waals surface area contributed by atoms with Gasteiger partial charge in [0, 0.05) is 31.2 Å². The number of nitrogens with zero attached hydrogens (tertiary/aromatic N) is 1. The second kappa shape index (κ2) is 9.82. The summed E-state index contributed by atoms with van der Waals surface area (Å²) in [6.45, 7) is 3.61. The Morgan fingerprint density at radius 2 is 2.17 bits per heavy atom. The summed E-state index contributed by atoms with van der Waals surface area (Å²) in [6.07, 6.45) is 2.39. The summed E-state index contributed by atoms with van der Waals surface area (Å²) >= 11 is 0.